The van der Waals surface area contributed by atoms with Crippen LogP contribution >= 0.6 is 0 Å². The molecule has 6 rings (SSSR count). The molecule has 1 fully saturated rings. The largest absolute Gasteiger partial charge is 0.455 e. The molecule has 2 aromatic heterocycles. The zero-order chi connectivity index (χ0) is 21.2. The van der Waals surface area contributed by atoms with Gasteiger partial charge in [0, 0.05) is 24.3 Å². The molecule has 1 aliphatic rings. The molecule has 0 aliphatic heterocycles. The average Bonchev–Trinajstić information content (AvgIpc) is 3.39. The van der Waals surface area contributed by atoms with Crippen LogP contribution in [0.3, 0.4) is 0 Å². The smallest absolute Gasteiger partial charge is 0.216 e. The standard InChI is InChI=1S/C28H26NO/c1-18-21-11-5-6-12-22(21)27-23-13-7-8-14-25(23)30-28(27)26(18)24-17-20(15-16-29(24)2)19-9-3-4-10-19/h5-8,11-17,19H,3-4,9-10H2,1-2H3/q+1/i19D. The second kappa shape index (κ2) is 6.70. The number of fused-ring (bicyclic) bond motifs is 5. The molecule has 0 radical (unpaired) electrons. The predicted octanol–water partition coefficient (Wildman–Crippen LogP) is 7.20. The number of aromatic nitrogens is 1. The molecule has 0 amide bonds. The lowest BCUT2D eigenvalue weighted by Gasteiger charge is -2.13. The van der Waals surface area contributed by atoms with Crippen LogP contribution in [0.2, 0.25) is 0 Å². The Bertz CT molecular complexity index is 1470. The fourth-order valence-corrected chi connectivity index (χ4v) is 5.26. The summed E-state index contributed by atoms with van der Waals surface area (Å²) >= 11 is 0. The molecule has 2 nitrogen and oxygen atoms in total. The van der Waals surface area contributed by atoms with Gasteiger partial charge in [0.25, 0.3) is 0 Å². The maximum atomic E-state index is 9.05. The van der Waals surface area contributed by atoms with Crippen LogP contribution in [0.15, 0.2) is 71.3 Å². The van der Waals surface area contributed by atoms with Gasteiger partial charge < -0.3 is 4.42 Å². The third-order valence-electron chi connectivity index (χ3n) is 6.82. The minimum atomic E-state index is -0.471. The fraction of sp³-hybridized carbons (Fsp3) is 0.250. The van der Waals surface area contributed by atoms with Crippen molar-refractivity contribution in [2.75, 3.05) is 0 Å². The van der Waals surface area contributed by atoms with Gasteiger partial charge in [-0.2, -0.15) is 0 Å². The van der Waals surface area contributed by atoms with Crippen molar-refractivity contribution in [3.63, 3.8) is 0 Å². The summed E-state index contributed by atoms with van der Waals surface area (Å²) in [7, 11) is 2.09. The molecule has 0 bridgehead atoms. The van der Waals surface area contributed by atoms with Crippen LogP contribution in [0.1, 0.15) is 44.1 Å². The van der Waals surface area contributed by atoms with E-state index in [4.69, 9.17) is 5.79 Å². The van der Waals surface area contributed by atoms with Crippen molar-refractivity contribution in [1.29, 1.82) is 0 Å². The summed E-state index contributed by atoms with van der Waals surface area (Å²) in [6.45, 7) is 2.20. The van der Waals surface area contributed by atoms with Crippen molar-refractivity contribution in [3.8, 4) is 11.3 Å². The van der Waals surface area contributed by atoms with Crippen molar-refractivity contribution in [2.24, 2.45) is 7.05 Å². The molecule has 0 atom stereocenters. The molecule has 0 unspecified atom stereocenters. The highest BCUT2D eigenvalue weighted by Gasteiger charge is 2.26. The Balaban J connectivity index is 1.75. The second-order valence-corrected chi connectivity index (χ2v) is 8.57. The zero-order valence-corrected chi connectivity index (χ0v) is 17.5. The van der Waals surface area contributed by atoms with Gasteiger partial charge in [-0.3, -0.25) is 0 Å². The minimum absolute atomic E-state index is 0.471. The lowest BCUT2D eigenvalue weighted by molar-refractivity contribution is -0.660. The Labute approximate surface area is 178 Å². The number of pyridine rings is 1. The van der Waals surface area contributed by atoms with E-state index in [2.05, 4.69) is 79.3 Å². The number of furan rings is 1. The van der Waals surface area contributed by atoms with E-state index < -0.39 is 5.89 Å². The summed E-state index contributed by atoms with van der Waals surface area (Å²) in [5, 5.41) is 4.82. The Morgan fingerprint density at radius 1 is 0.933 bits per heavy atom. The van der Waals surface area contributed by atoms with E-state index in [9.17, 15) is 0 Å². The first-order valence-electron chi connectivity index (χ1n) is 11.4. The molecule has 148 valence electrons. The number of hydrogen-bond acceptors (Lipinski definition) is 1. The van der Waals surface area contributed by atoms with Crippen LogP contribution in [0.4, 0.5) is 0 Å². The van der Waals surface area contributed by atoms with Crippen LogP contribution in [0.5, 0.6) is 0 Å². The topological polar surface area (TPSA) is 17.0 Å². The van der Waals surface area contributed by atoms with Gasteiger partial charge in [0.15, 0.2) is 6.20 Å². The Morgan fingerprint density at radius 2 is 1.63 bits per heavy atom. The fourth-order valence-electron chi connectivity index (χ4n) is 5.26. The highest BCUT2D eigenvalue weighted by atomic mass is 16.3. The monoisotopic (exact) mass is 393 g/mol. The van der Waals surface area contributed by atoms with Crippen molar-refractivity contribution >= 4 is 32.7 Å². The van der Waals surface area contributed by atoms with Crippen molar-refractivity contribution in [3.05, 3.63) is 78.0 Å². The van der Waals surface area contributed by atoms with Crippen LogP contribution in [0.25, 0.3) is 44.0 Å². The van der Waals surface area contributed by atoms with E-state index in [0.717, 1.165) is 59.1 Å². The summed E-state index contributed by atoms with van der Waals surface area (Å²) in [4.78, 5) is 0. The molecule has 1 aliphatic carbocycles. The molecule has 0 saturated heterocycles. The average molecular weight is 394 g/mol. The molecule has 3 aromatic carbocycles. The van der Waals surface area contributed by atoms with Gasteiger partial charge in [0.05, 0.1) is 5.56 Å². The van der Waals surface area contributed by atoms with Crippen molar-refractivity contribution in [2.45, 2.75) is 38.5 Å². The maximum absolute atomic E-state index is 9.05. The first-order chi connectivity index (χ1) is 15.1. The van der Waals surface area contributed by atoms with Gasteiger partial charge in [-0.05, 0) is 53.6 Å². The molecule has 0 spiro atoms. The van der Waals surface area contributed by atoms with Gasteiger partial charge >= 0.3 is 0 Å². The van der Waals surface area contributed by atoms with E-state index in [1.165, 1.54) is 21.7 Å². The summed E-state index contributed by atoms with van der Waals surface area (Å²) in [6.07, 6.45) is 6.28. The van der Waals surface area contributed by atoms with E-state index in [0.29, 0.717) is 0 Å². The van der Waals surface area contributed by atoms with E-state index in [1.54, 1.807) is 0 Å². The van der Waals surface area contributed by atoms with Crippen LogP contribution < -0.4 is 4.57 Å². The number of benzene rings is 3. The highest BCUT2D eigenvalue weighted by molar-refractivity contribution is 6.23. The highest BCUT2D eigenvalue weighted by Crippen LogP contribution is 2.43. The van der Waals surface area contributed by atoms with Crippen LogP contribution in [-0.4, -0.2) is 0 Å². The number of rotatable bonds is 2. The van der Waals surface area contributed by atoms with Crippen molar-refractivity contribution < 1.29 is 10.4 Å². The third-order valence-corrected chi connectivity index (χ3v) is 6.82. The quantitative estimate of drug-likeness (QED) is 0.290. The lowest BCUT2D eigenvalue weighted by Crippen LogP contribution is -2.31. The van der Waals surface area contributed by atoms with Gasteiger partial charge in [0.2, 0.25) is 5.69 Å². The molecular weight excluding hydrogens is 366 g/mol. The first-order valence-corrected chi connectivity index (χ1v) is 10.9. The van der Waals surface area contributed by atoms with E-state index in [-0.39, 0.29) is 0 Å². The maximum Gasteiger partial charge on any atom is 0.216 e. The number of nitrogens with zero attached hydrogens (tertiary/aromatic N) is 1. The molecule has 2 heteroatoms. The van der Waals surface area contributed by atoms with Gasteiger partial charge in [-0.15, -0.1) is 0 Å². The summed E-state index contributed by atoms with van der Waals surface area (Å²) in [6, 6.07) is 21.3. The van der Waals surface area contributed by atoms with E-state index >= 15 is 0 Å². The molecule has 2 heterocycles. The number of hydrogen-bond donors (Lipinski definition) is 0. The molecule has 5 aromatic rings. The van der Waals surface area contributed by atoms with Gasteiger partial charge in [-0.25, -0.2) is 4.57 Å². The first kappa shape index (κ1) is 16.6. The van der Waals surface area contributed by atoms with Crippen LogP contribution in [0, 0.1) is 6.92 Å². The molecule has 30 heavy (non-hydrogen) atoms. The predicted molar refractivity (Wildman–Crippen MR) is 124 cm³/mol. The Morgan fingerprint density at radius 3 is 2.43 bits per heavy atom. The summed E-state index contributed by atoms with van der Waals surface area (Å²) < 4.78 is 17.7. The Kier molecular flexibility index (Phi) is 3.72. The van der Waals surface area contributed by atoms with Crippen molar-refractivity contribution in [1.82, 2.24) is 0 Å². The molecule has 1 saturated carbocycles. The number of para-hydroxylation sites is 1. The molecule has 0 N–H and O–H groups in total. The third kappa shape index (κ3) is 2.53. The van der Waals surface area contributed by atoms with Gasteiger partial charge in [-0.1, -0.05) is 55.3 Å². The SMILES string of the molecule is [2H]C1(c2cc[n+](C)c(-c3c(C)c4ccccc4c4c3oc3ccccc34)c2)CCCC1. The normalized spacial score (nSPS) is 16.5. The molecular formula is C28H26NO+. The minimum Gasteiger partial charge on any atom is -0.455 e. The lowest BCUT2D eigenvalue weighted by atomic mass is 9.91. The number of aryl methyl sites for hydroxylation is 2. The second-order valence-electron chi connectivity index (χ2n) is 8.57. The zero-order valence-electron chi connectivity index (χ0n) is 18.5. The van der Waals surface area contributed by atoms with Gasteiger partial charge in [0.1, 0.15) is 18.2 Å². The summed E-state index contributed by atoms with van der Waals surface area (Å²) in [5.41, 5.74) is 6.45. The Hall–Kier alpha value is -3.13. The van der Waals surface area contributed by atoms with Crippen LogP contribution in [-0.2, 0) is 7.05 Å². The summed E-state index contributed by atoms with van der Waals surface area (Å²) in [5.74, 6) is -0.471. The van der Waals surface area contributed by atoms with E-state index in [1.807, 2.05) is 6.07 Å².